The standard InChI is InChI=1S/C26H42N4O4/c1-19(2)17-25(33)9-13-29(14-10-25)23(31)27-21-5-7-22(8-6-21)28-24(32)30-15-11-26(34,12-16-30)18-20(3)4/h5-8,19-20,33-34H,9-18H2,1-4H3,(H,27,31)(H,28,32). The second-order valence-corrected chi connectivity index (χ2v) is 11.1. The number of carbonyl (C=O) groups excluding carboxylic acids is 2. The van der Waals surface area contributed by atoms with Crippen molar-refractivity contribution in [3.05, 3.63) is 24.3 Å². The Morgan fingerprint density at radius 2 is 1.03 bits per heavy atom. The third-order valence-corrected chi connectivity index (χ3v) is 6.93. The topological polar surface area (TPSA) is 105 Å². The average molecular weight is 475 g/mol. The van der Waals surface area contributed by atoms with Gasteiger partial charge in [-0.2, -0.15) is 0 Å². The molecule has 4 N–H and O–H groups in total. The van der Waals surface area contributed by atoms with E-state index in [1.165, 1.54) is 0 Å². The fourth-order valence-corrected chi connectivity index (χ4v) is 5.22. The predicted octanol–water partition coefficient (Wildman–Crippen LogP) is 4.50. The first-order valence-corrected chi connectivity index (χ1v) is 12.6. The lowest BCUT2D eigenvalue weighted by Crippen LogP contribution is -2.48. The lowest BCUT2D eigenvalue weighted by atomic mass is 9.84. The van der Waals surface area contributed by atoms with Crippen LogP contribution in [0.25, 0.3) is 0 Å². The zero-order chi connectivity index (χ0) is 24.9. The first kappa shape index (κ1) is 26.3. The first-order chi connectivity index (χ1) is 16.0. The van der Waals surface area contributed by atoms with Crippen LogP contribution in [0.5, 0.6) is 0 Å². The Bertz CT molecular complexity index is 755. The van der Waals surface area contributed by atoms with Crippen LogP contribution in [0.4, 0.5) is 21.0 Å². The van der Waals surface area contributed by atoms with Crippen molar-refractivity contribution in [1.82, 2.24) is 9.80 Å². The van der Waals surface area contributed by atoms with E-state index in [0.717, 1.165) is 12.8 Å². The Kier molecular flexibility index (Phi) is 8.47. The molecule has 0 spiro atoms. The van der Waals surface area contributed by atoms with Crippen molar-refractivity contribution < 1.29 is 19.8 Å². The molecule has 0 aromatic heterocycles. The number of likely N-dealkylation sites (tertiary alicyclic amines) is 2. The highest BCUT2D eigenvalue weighted by Gasteiger charge is 2.35. The summed E-state index contributed by atoms with van der Waals surface area (Å²) >= 11 is 0. The number of piperidine rings is 2. The monoisotopic (exact) mass is 474 g/mol. The third kappa shape index (κ3) is 7.34. The van der Waals surface area contributed by atoms with E-state index in [0.29, 0.717) is 75.1 Å². The SMILES string of the molecule is CC(C)CC1(O)CCN(C(=O)Nc2ccc(NC(=O)N3CCC(O)(CC(C)C)CC3)cc2)CC1. The molecular weight excluding hydrogens is 432 g/mol. The van der Waals surface area contributed by atoms with E-state index in [4.69, 9.17) is 0 Å². The highest BCUT2D eigenvalue weighted by atomic mass is 16.3. The van der Waals surface area contributed by atoms with Crippen LogP contribution in [-0.2, 0) is 0 Å². The molecule has 0 atom stereocenters. The Morgan fingerprint density at radius 1 is 0.735 bits per heavy atom. The molecule has 8 heteroatoms. The van der Waals surface area contributed by atoms with Crippen molar-refractivity contribution in [2.75, 3.05) is 36.8 Å². The van der Waals surface area contributed by atoms with Crippen molar-refractivity contribution in [3.63, 3.8) is 0 Å². The van der Waals surface area contributed by atoms with Gasteiger partial charge in [-0.05, 0) is 74.6 Å². The largest absolute Gasteiger partial charge is 0.390 e. The minimum absolute atomic E-state index is 0.175. The normalized spacial score (nSPS) is 19.9. The number of carbonyl (C=O) groups is 2. The van der Waals surface area contributed by atoms with Crippen molar-refractivity contribution in [1.29, 1.82) is 0 Å². The summed E-state index contributed by atoms with van der Waals surface area (Å²) in [6.07, 6.45) is 3.88. The second kappa shape index (κ2) is 11.0. The van der Waals surface area contributed by atoms with Crippen LogP contribution in [0.3, 0.4) is 0 Å². The number of nitrogens with one attached hydrogen (secondary N) is 2. The molecule has 0 bridgehead atoms. The van der Waals surface area contributed by atoms with Crippen molar-refractivity contribution >= 4 is 23.4 Å². The molecule has 34 heavy (non-hydrogen) atoms. The zero-order valence-corrected chi connectivity index (χ0v) is 21.1. The minimum Gasteiger partial charge on any atom is -0.390 e. The van der Waals surface area contributed by atoms with Gasteiger partial charge >= 0.3 is 12.1 Å². The Morgan fingerprint density at radius 3 is 1.29 bits per heavy atom. The number of hydrogen-bond acceptors (Lipinski definition) is 4. The summed E-state index contributed by atoms with van der Waals surface area (Å²) in [6, 6.07) is 6.72. The molecule has 1 aromatic carbocycles. The molecule has 2 aliphatic rings. The van der Waals surface area contributed by atoms with Crippen LogP contribution >= 0.6 is 0 Å². The molecule has 0 saturated carbocycles. The maximum absolute atomic E-state index is 12.6. The summed E-state index contributed by atoms with van der Waals surface area (Å²) in [4.78, 5) is 28.7. The van der Waals surface area contributed by atoms with Gasteiger partial charge in [0.15, 0.2) is 0 Å². The van der Waals surface area contributed by atoms with E-state index in [9.17, 15) is 19.8 Å². The molecule has 0 aliphatic carbocycles. The van der Waals surface area contributed by atoms with Gasteiger partial charge in [0.25, 0.3) is 0 Å². The molecule has 2 fully saturated rings. The summed E-state index contributed by atoms with van der Waals surface area (Å²) in [5.74, 6) is 0.847. The number of benzene rings is 1. The Hall–Kier alpha value is -2.32. The summed E-state index contributed by atoms with van der Waals surface area (Å²) in [6.45, 7) is 10.5. The highest BCUT2D eigenvalue weighted by molar-refractivity contribution is 5.91. The number of nitrogens with zero attached hydrogens (tertiary/aromatic N) is 2. The van der Waals surface area contributed by atoms with E-state index >= 15 is 0 Å². The lowest BCUT2D eigenvalue weighted by Gasteiger charge is -2.39. The van der Waals surface area contributed by atoms with Gasteiger partial charge in [-0.25, -0.2) is 9.59 Å². The second-order valence-electron chi connectivity index (χ2n) is 11.1. The van der Waals surface area contributed by atoms with Crippen LogP contribution in [0.1, 0.15) is 66.2 Å². The number of anilines is 2. The summed E-state index contributed by atoms with van der Waals surface area (Å²) < 4.78 is 0. The van der Waals surface area contributed by atoms with Crippen LogP contribution in [-0.4, -0.2) is 69.5 Å². The van der Waals surface area contributed by atoms with Gasteiger partial charge < -0.3 is 30.6 Å². The van der Waals surface area contributed by atoms with Gasteiger partial charge in [-0.3, -0.25) is 0 Å². The number of rotatable bonds is 6. The van der Waals surface area contributed by atoms with Crippen LogP contribution in [0, 0.1) is 11.8 Å². The van der Waals surface area contributed by atoms with Crippen molar-refractivity contribution in [2.24, 2.45) is 11.8 Å². The average Bonchev–Trinajstić information content (AvgIpc) is 2.74. The van der Waals surface area contributed by atoms with E-state index in [-0.39, 0.29) is 12.1 Å². The van der Waals surface area contributed by atoms with E-state index < -0.39 is 11.2 Å². The van der Waals surface area contributed by atoms with Crippen LogP contribution < -0.4 is 10.6 Å². The van der Waals surface area contributed by atoms with E-state index in [1.54, 1.807) is 34.1 Å². The minimum atomic E-state index is -0.674. The number of urea groups is 2. The Balaban J connectivity index is 1.45. The Labute approximate surface area is 203 Å². The summed E-state index contributed by atoms with van der Waals surface area (Å²) in [7, 11) is 0. The molecule has 4 amide bonds. The maximum atomic E-state index is 12.6. The molecule has 2 heterocycles. The van der Waals surface area contributed by atoms with E-state index in [2.05, 4.69) is 38.3 Å². The summed E-state index contributed by atoms with van der Waals surface area (Å²) in [5.41, 5.74) is -0.0381. The zero-order valence-electron chi connectivity index (χ0n) is 21.1. The number of aliphatic hydroxyl groups is 2. The number of hydrogen-bond donors (Lipinski definition) is 4. The van der Waals surface area contributed by atoms with Gasteiger partial charge in [-0.1, -0.05) is 27.7 Å². The van der Waals surface area contributed by atoms with Gasteiger partial charge in [0, 0.05) is 37.6 Å². The van der Waals surface area contributed by atoms with Gasteiger partial charge in [-0.15, -0.1) is 0 Å². The van der Waals surface area contributed by atoms with Crippen molar-refractivity contribution in [2.45, 2.75) is 77.4 Å². The fraction of sp³-hybridized carbons (Fsp3) is 0.692. The maximum Gasteiger partial charge on any atom is 0.321 e. The van der Waals surface area contributed by atoms with Crippen LogP contribution in [0.15, 0.2) is 24.3 Å². The molecule has 2 aliphatic heterocycles. The smallest absolute Gasteiger partial charge is 0.321 e. The molecule has 8 nitrogen and oxygen atoms in total. The van der Waals surface area contributed by atoms with Gasteiger partial charge in [0.1, 0.15) is 0 Å². The molecule has 190 valence electrons. The molecule has 3 rings (SSSR count). The lowest BCUT2D eigenvalue weighted by molar-refractivity contribution is -0.0275. The third-order valence-electron chi connectivity index (χ3n) is 6.93. The van der Waals surface area contributed by atoms with Crippen LogP contribution in [0.2, 0.25) is 0 Å². The molecule has 0 radical (unpaired) electrons. The van der Waals surface area contributed by atoms with Gasteiger partial charge in [0.2, 0.25) is 0 Å². The quantitative estimate of drug-likeness (QED) is 0.487. The fourth-order valence-electron chi connectivity index (χ4n) is 5.22. The first-order valence-electron chi connectivity index (χ1n) is 12.6. The van der Waals surface area contributed by atoms with E-state index in [1.807, 2.05) is 0 Å². The molecule has 1 aromatic rings. The molecule has 2 saturated heterocycles. The summed E-state index contributed by atoms with van der Waals surface area (Å²) in [5, 5.41) is 27.2. The van der Waals surface area contributed by atoms with Crippen molar-refractivity contribution in [3.8, 4) is 0 Å². The van der Waals surface area contributed by atoms with Gasteiger partial charge in [0.05, 0.1) is 11.2 Å². The highest BCUT2D eigenvalue weighted by Crippen LogP contribution is 2.30. The molecular formula is C26H42N4O4. The molecule has 0 unspecified atom stereocenters. The number of amides is 4. The predicted molar refractivity (Wildman–Crippen MR) is 135 cm³/mol.